The molecule has 0 heterocycles. The molecular weight excluding hydrogens is 316 g/mol. The van der Waals surface area contributed by atoms with E-state index < -0.39 is 29.7 Å². The Bertz CT molecular complexity index is 598. The molecule has 0 bridgehead atoms. The SMILES string of the molecule is COC(=O)C(C(=O)OC)C(C(=O)OC)/C(C)=N/Nc1ccccc1. The van der Waals surface area contributed by atoms with Gasteiger partial charge in [0.1, 0.15) is 5.92 Å². The van der Waals surface area contributed by atoms with Crippen LogP contribution in [0, 0.1) is 11.8 Å². The van der Waals surface area contributed by atoms with Gasteiger partial charge in [-0.15, -0.1) is 0 Å². The molecule has 1 unspecified atom stereocenters. The summed E-state index contributed by atoms with van der Waals surface area (Å²) < 4.78 is 13.9. The van der Waals surface area contributed by atoms with Gasteiger partial charge in [-0.05, 0) is 19.1 Å². The highest BCUT2D eigenvalue weighted by atomic mass is 16.5. The smallest absolute Gasteiger partial charge is 0.321 e. The molecule has 8 heteroatoms. The summed E-state index contributed by atoms with van der Waals surface area (Å²) in [5.41, 5.74) is 3.60. The molecule has 130 valence electrons. The van der Waals surface area contributed by atoms with Gasteiger partial charge in [-0.2, -0.15) is 5.10 Å². The number of carbonyl (C=O) groups is 3. The minimum atomic E-state index is -1.51. The van der Waals surface area contributed by atoms with Crippen LogP contribution in [-0.2, 0) is 28.6 Å². The van der Waals surface area contributed by atoms with Gasteiger partial charge in [-0.1, -0.05) is 18.2 Å². The van der Waals surface area contributed by atoms with Crippen LogP contribution in [0.25, 0.3) is 0 Å². The number of methoxy groups -OCH3 is 3. The van der Waals surface area contributed by atoms with Crippen LogP contribution in [0.2, 0.25) is 0 Å². The standard InChI is InChI=1S/C16H20N2O6/c1-10(17-18-11-8-6-5-7-9-11)12(14(19)22-2)13(15(20)23-3)16(21)24-4/h5-9,12-13,18H,1-4H3/b17-10+. The van der Waals surface area contributed by atoms with Gasteiger partial charge in [0.05, 0.1) is 32.7 Å². The van der Waals surface area contributed by atoms with Crippen molar-refractivity contribution < 1.29 is 28.6 Å². The van der Waals surface area contributed by atoms with Crippen molar-refractivity contribution in [3.05, 3.63) is 30.3 Å². The minimum absolute atomic E-state index is 0.173. The highest BCUT2D eigenvalue weighted by Gasteiger charge is 2.43. The number of rotatable bonds is 7. The number of nitrogens with one attached hydrogen (secondary N) is 1. The number of nitrogens with zero attached hydrogens (tertiary/aromatic N) is 1. The first-order valence-electron chi connectivity index (χ1n) is 7.05. The van der Waals surface area contributed by atoms with E-state index in [-0.39, 0.29) is 5.71 Å². The van der Waals surface area contributed by atoms with Gasteiger partial charge < -0.3 is 14.2 Å². The van der Waals surface area contributed by atoms with E-state index in [2.05, 4.69) is 20.0 Å². The summed E-state index contributed by atoms with van der Waals surface area (Å²) in [6.45, 7) is 1.50. The van der Waals surface area contributed by atoms with Crippen LogP contribution >= 0.6 is 0 Å². The molecule has 1 atom stereocenters. The van der Waals surface area contributed by atoms with Crippen LogP contribution in [0.5, 0.6) is 0 Å². The molecule has 0 aliphatic carbocycles. The molecule has 1 aromatic carbocycles. The fourth-order valence-corrected chi connectivity index (χ4v) is 2.03. The Morgan fingerprint density at radius 1 is 0.875 bits per heavy atom. The second kappa shape index (κ2) is 9.29. The van der Waals surface area contributed by atoms with Crippen molar-refractivity contribution in [1.29, 1.82) is 0 Å². The summed E-state index contributed by atoms with van der Waals surface area (Å²) >= 11 is 0. The van der Waals surface area contributed by atoms with E-state index >= 15 is 0 Å². The van der Waals surface area contributed by atoms with Gasteiger partial charge in [0.2, 0.25) is 0 Å². The number of esters is 3. The zero-order valence-corrected chi connectivity index (χ0v) is 13.9. The third kappa shape index (κ3) is 4.80. The third-order valence-corrected chi connectivity index (χ3v) is 3.28. The molecule has 0 fully saturated rings. The van der Waals surface area contributed by atoms with Gasteiger partial charge in [0.15, 0.2) is 5.92 Å². The number of para-hydroxylation sites is 1. The number of hydrazone groups is 1. The molecule has 0 radical (unpaired) electrons. The number of hydrogen-bond donors (Lipinski definition) is 1. The molecule has 0 aromatic heterocycles. The number of carbonyl (C=O) groups excluding carboxylic acids is 3. The molecule has 1 N–H and O–H groups in total. The van der Waals surface area contributed by atoms with Crippen LogP contribution in [0.3, 0.4) is 0 Å². The lowest BCUT2D eigenvalue weighted by molar-refractivity contribution is -0.165. The second-order valence-corrected chi connectivity index (χ2v) is 4.76. The molecule has 24 heavy (non-hydrogen) atoms. The highest BCUT2D eigenvalue weighted by molar-refractivity contribution is 6.10. The van der Waals surface area contributed by atoms with Crippen molar-refractivity contribution in [3.8, 4) is 0 Å². The fourth-order valence-electron chi connectivity index (χ4n) is 2.03. The molecule has 0 aliphatic rings. The van der Waals surface area contributed by atoms with Crippen LogP contribution in [-0.4, -0.2) is 44.9 Å². The Labute approximate surface area is 139 Å². The lowest BCUT2D eigenvalue weighted by Crippen LogP contribution is -2.41. The van der Waals surface area contributed by atoms with E-state index in [0.29, 0.717) is 5.69 Å². The maximum absolute atomic E-state index is 12.1. The molecule has 1 aromatic rings. The Morgan fingerprint density at radius 3 is 1.79 bits per heavy atom. The number of benzene rings is 1. The van der Waals surface area contributed by atoms with Gasteiger partial charge in [-0.3, -0.25) is 19.8 Å². The summed E-state index contributed by atoms with van der Waals surface area (Å²) in [6, 6.07) is 8.97. The number of anilines is 1. The number of ether oxygens (including phenoxy) is 3. The number of hydrogen-bond acceptors (Lipinski definition) is 8. The normalized spacial score (nSPS) is 12.3. The van der Waals surface area contributed by atoms with Crippen LogP contribution < -0.4 is 5.43 Å². The highest BCUT2D eigenvalue weighted by Crippen LogP contribution is 2.20. The van der Waals surface area contributed by atoms with Gasteiger partial charge in [0, 0.05) is 0 Å². The quantitative estimate of drug-likeness (QED) is 0.262. The van der Waals surface area contributed by atoms with Gasteiger partial charge >= 0.3 is 17.9 Å². The molecule has 0 saturated carbocycles. The van der Waals surface area contributed by atoms with Crippen LogP contribution in [0.15, 0.2) is 35.4 Å². The summed E-state index contributed by atoms with van der Waals surface area (Å²) in [6.07, 6.45) is 0. The lowest BCUT2D eigenvalue weighted by atomic mass is 9.88. The minimum Gasteiger partial charge on any atom is -0.468 e. The zero-order chi connectivity index (χ0) is 18.1. The maximum Gasteiger partial charge on any atom is 0.321 e. The Hall–Kier alpha value is -2.90. The fraction of sp³-hybridized carbons (Fsp3) is 0.375. The summed E-state index contributed by atoms with van der Waals surface area (Å²) in [7, 11) is 3.38. The van der Waals surface area contributed by atoms with Gasteiger partial charge in [-0.25, -0.2) is 0 Å². The molecule has 0 amide bonds. The molecular formula is C16H20N2O6. The largest absolute Gasteiger partial charge is 0.468 e. The molecule has 0 saturated heterocycles. The molecule has 1 rings (SSSR count). The predicted octanol–water partition coefficient (Wildman–Crippen LogP) is 1.23. The average Bonchev–Trinajstić information content (AvgIpc) is 2.63. The Balaban J connectivity index is 3.15. The zero-order valence-electron chi connectivity index (χ0n) is 13.9. The van der Waals surface area contributed by atoms with Crippen molar-refractivity contribution in [2.75, 3.05) is 26.8 Å². The van der Waals surface area contributed by atoms with E-state index in [1.807, 2.05) is 6.07 Å². The lowest BCUT2D eigenvalue weighted by Gasteiger charge is -2.21. The summed E-state index contributed by atoms with van der Waals surface area (Å²) in [5.74, 6) is -5.40. The van der Waals surface area contributed by atoms with Crippen LogP contribution in [0.4, 0.5) is 5.69 Å². The van der Waals surface area contributed by atoms with E-state index in [4.69, 9.17) is 4.74 Å². The third-order valence-electron chi connectivity index (χ3n) is 3.28. The average molecular weight is 336 g/mol. The summed E-state index contributed by atoms with van der Waals surface area (Å²) in [5, 5.41) is 4.07. The first kappa shape index (κ1) is 19.1. The molecule has 8 nitrogen and oxygen atoms in total. The topological polar surface area (TPSA) is 103 Å². The van der Waals surface area contributed by atoms with Crippen molar-refractivity contribution in [3.63, 3.8) is 0 Å². The van der Waals surface area contributed by atoms with E-state index in [9.17, 15) is 14.4 Å². The second-order valence-electron chi connectivity index (χ2n) is 4.76. The van der Waals surface area contributed by atoms with Crippen molar-refractivity contribution in [2.45, 2.75) is 6.92 Å². The predicted molar refractivity (Wildman–Crippen MR) is 86.2 cm³/mol. The Morgan fingerprint density at radius 2 is 1.33 bits per heavy atom. The first-order valence-corrected chi connectivity index (χ1v) is 7.05. The van der Waals surface area contributed by atoms with Crippen molar-refractivity contribution >= 4 is 29.3 Å². The molecule has 0 spiro atoms. The molecule has 0 aliphatic heterocycles. The van der Waals surface area contributed by atoms with E-state index in [0.717, 1.165) is 21.3 Å². The van der Waals surface area contributed by atoms with Crippen LogP contribution in [0.1, 0.15) is 6.92 Å². The van der Waals surface area contributed by atoms with E-state index in [1.165, 1.54) is 6.92 Å². The van der Waals surface area contributed by atoms with E-state index in [1.54, 1.807) is 24.3 Å². The van der Waals surface area contributed by atoms with Crippen molar-refractivity contribution in [2.24, 2.45) is 16.9 Å². The van der Waals surface area contributed by atoms with Crippen molar-refractivity contribution in [1.82, 2.24) is 0 Å². The monoisotopic (exact) mass is 336 g/mol. The Kier molecular flexibility index (Phi) is 7.41. The first-order chi connectivity index (χ1) is 11.5. The van der Waals surface area contributed by atoms with Gasteiger partial charge in [0.25, 0.3) is 0 Å². The maximum atomic E-state index is 12.1. The summed E-state index contributed by atoms with van der Waals surface area (Å²) in [4.78, 5) is 36.0.